The number of hydrogen-bond donors (Lipinski definition) is 3. The van der Waals surface area contributed by atoms with Crippen molar-refractivity contribution in [1.29, 1.82) is 0 Å². The number of phosphoric acid groups is 1. The molecular formula is H14AlLi2O5PSi. The van der Waals surface area contributed by atoms with Gasteiger partial charge in [-0.2, -0.15) is 0 Å². The van der Waals surface area contributed by atoms with Crippen molar-refractivity contribution >= 4 is 73.9 Å². The SMILES string of the molecule is O.O=P(O)(O)O.[AlH3].[LiH].[LiH].[SiH4]. The van der Waals surface area contributed by atoms with Crippen LogP contribution < -0.4 is 0 Å². The summed E-state index contributed by atoms with van der Waals surface area (Å²) in [5.74, 6) is 0. The predicted molar refractivity (Wildman–Crippen MR) is 53.4 cm³/mol. The summed E-state index contributed by atoms with van der Waals surface area (Å²) in [4.78, 5) is 21.6. The van der Waals surface area contributed by atoms with Crippen molar-refractivity contribution in [2.75, 3.05) is 0 Å². The van der Waals surface area contributed by atoms with E-state index in [1.54, 1.807) is 0 Å². The smallest absolute Gasteiger partial charge is 0.0149 e. The monoisotopic (exact) mass is 194 g/mol. The van der Waals surface area contributed by atoms with Crippen LogP contribution in [0.15, 0.2) is 0 Å². The third-order valence-electron chi connectivity index (χ3n) is 0. The van der Waals surface area contributed by atoms with Crippen LogP contribution in [0.25, 0.3) is 0 Å². The Labute approximate surface area is 98.0 Å². The minimum absolute atomic E-state index is 0. The molecule has 0 aliphatic heterocycles. The largest absolute Gasteiger partial charge is 0.0149 e. The van der Waals surface area contributed by atoms with Gasteiger partial charge in [0.15, 0.2) is 17.4 Å². The molecule has 5 nitrogen and oxygen atoms in total. The van der Waals surface area contributed by atoms with E-state index in [0.29, 0.717) is 0 Å². The van der Waals surface area contributed by atoms with E-state index in [4.69, 9.17) is 19.2 Å². The Hall–Kier alpha value is 2.01. The van der Waals surface area contributed by atoms with Gasteiger partial charge in [-0.15, -0.1) is 0 Å². The second-order valence-electron chi connectivity index (χ2n) is 0.513. The predicted octanol–water partition coefficient (Wildman–Crippen LogP) is -5.69. The van der Waals surface area contributed by atoms with Crippen LogP contribution in [0, 0.1) is 0 Å². The molecule has 0 radical (unpaired) electrons. The summed E-state index contributed by atoms with van der Waals surface area (Å²) in [6.45, 7) is 0. The zero-order valence-electron chi connectivity index (χ0n) is 2.70. The van der Waals surface area contributed by atoms with Crippen LogP contribution in [-0.4, -0.2) is 86.2 Å². The maximum absolute atomic E-state index is 8.88. The Morgan fingerprint density at radius 3 is 1.00 bits per heavy atom. The van der Waals surface area contributed by atoms with Crippen LogP contribution in [0.5, 0.6) is 0 Å². The molecular weight excluding hydrogens is 180 g/mol. The first-order valence-electron chi connectivity index (χ1n) is 0.783. The summed E-state index contributed by atoms with van der Waals surface area (Å²) in [6.07, 6.45) is 0. The molecule has 0 spiro atoms. The molecule has 0 atom stereocenters. The van der Waals surface area contributed by atoms with Crippen molar-refractivity contribution in [2.24, 2.45) is 0 Å². The molecule has 0 fully saturated rings. The van der Waals surface area contributed by atoms with E-state index in [0.717, 1.165) is 0 Å². The molecule has 0 rings (SSSR count). The van der Waals surface area contributed by atoms with Gasteiger partial charge in [-0.05, 0) is 11.0 Å². The van der Waals surface area contributed by atoms with E-state index in [-0.39, 0.29) is 71.5 Å². The Bertz CT molecular complexity index is 65.8. The Morgan fingerprint density at radius 1 is 1.00 bits per heavy atom. The summed E-state index contributed by atoms with van der Waals surface area (Å²) in [6, 6.07) is 0. The quantitative estimate of drug-likeness (QED) is 0.263. The molecule has 10 heteroatoms. The molecule has 58 valence electrons. The van der Waals surface area contributed by atoms with Gasteiger partial charge in [-0.3, -0.25) is 0 Å². The van der Waals surface area contributed by atoms with Crippen molar-refractivity contribution in [3.05, 3.63) is 0 Å². The van der Waals surface area contributed by atoms with E-state index in [2.05, 4.69) is 0 Å². The zero-order valence-corrected chi connectivity index (χ0v) is 3.59. The van der Waals surface area contributed by atoms with Crippen LogP contribution in [0.3, 0.4) is 0 Å². The standard InChI is InChI=1S/Al.2Li.H3O4P.H2O.H4Si.5H/c;;;1-5(2,3)4;;;;;;;/h;;;(H3,1,2,3,4);1H2;1H4;;;;;. The molecule has 0 amide bonds. The molecule has 0 aliphatic rings. The Balaban J connectivity index is -0.00000000800. The van der Waals surface area contributed by atoms with E-state index in [1.807, 2.05) is 0 Å². The van der Waals surface area contributed by atoms with Gasteiger partial charge < -0.3 is 20.2 Å². The first kappa shape index (κ1) is 40.3. The molecule has 0 heterocycles. The zero-order chi connectivity index (χ0) is 4.50. The third kappa shape index (κ3) is 201. The van der Waals surface area contributed by atoms with Crippen LogP contribution in [0.2, 0.25) is 0 Å². The van der Waals surface area contributed by atoms with E-state index in [1.165, 1.54) is 0 Å². The van der Waals surface area contributed by atoms with E-state index >= 15 is 0 Å². The minimum Gasteiger partial charge on any atom is -0.0149 e. The van der Waals surface area contributed by atoms with Gasteiger partial charge in [-0.25, -0.2) is 4.57 Å². The Kier molecular flexibility index (Phi) is 69.3. The molecule has 0 aliphatic carbocycles. The molecule has 0 aromatic heterocycles. The summed E-state index contributed by atoms with van der Waals surface area (Å²) >= 11 is 0. The van der Waals surface area contributed by atoms with Crippen LogP contribution >= 0.6 is 7.82 Å². The first-order chi connectivity index (χ1) is 2.00. The van der Waals surface area contributed by atoms with Crippen molar-refractivity contribution in [3.8, 4) is 0 Å². The van der Waals surface area contributed by atoms with Crippen LogP contribution in [-0.2, 0) is 4.57 Å². The molecule has 10 heavy (non-hydrogen) atoms. The maximum Gasteiger partial charge on any atom is -0.0149 e. The summed E-state index contributed by atoms with van der Waals surface area (Å²) in [5, 5.41) is 0. The van der Waals surface area contributed by atoms with Crippen molar-refractivity contribution in [3.63, 3.8) is 0 Å². The Morgan fingerprint density at radius 2 is 1.00 bits per heavy atom. The summed E-state index contributed by atoms with van der Waals surface area (Å²) in [5.41, 5.74) is 0. The minimum atomic E-state index is -4.64. The molecule has 0 aromatic rings. The van der Waals surface area contributed by atoms with Gasteiger partial charge in [-0.1, -0.05) is 0 Å². The van der Waals surface area contributed by atoms with Gasteiger partial charge in [0.25, 0.3) is 0 Å². The van der Waals surface area contributed by atoms with Crippen LogP contribution in [0.1, 0.15) is 0 Å². The van der Waals surface area contributed by atoms with E-state index in [9.17, 15) is 0 Å². The van der Waals surface area contributed by atoms with Gasteiger partial charge in [0, 0.05) is 0 Å². The fourth-order valence-electron chi connectivity index (χ4n) is 0. The van der Waals surface area contributed by atoms with Gasteiger partial charge in [0.1, 0.15) is 0 Å². The van der Waals surface area contributed by atoms with Crippen molar-refractivity contribution in [1.82, 2.24) is 0 Å². The summed E-state index contributed by atoms with van der Waals surface area (Å²) in [7, 11) is -4.64. The molecule has 5 N–H and O–H groups in total. The average molecular weight is 194 g/mol. The fraction of sp³-hybridized carbons (Fsp3) is 0. The van der Waals surface area contributed by atoms with E-state index < -0.39 is 7.82 Å². The number of hydrogen-bond acceptors (Lipinski definition) is 1. The fourth-order valence-corrected chi connectivity index (χ4v) is 0. The third-order valence-corrected chi connectivity index (χ3v) is 0. The second kappa shape index (κ2) is 17.2. The molecule has 0 bridgehead atoms. The number of rotatable bonds is 0. The second-order valence-corrected chi connectivity index (χ2v) is 1.54. The molecule has 0 saturated carbocycles. The van der Waals surface area contributed by atoms with Crippen molar-refractivity contribution in [2.45, 2.75) is 0 Å². The van der Waals surface area contributed by atoms with Crippen molar-refractivity contribution < 1.29 is 24.7 Å². The topological polar surface area (TPSA) is 109 Å². The molecule has 0 unspecified atom stereocenters. The summed E-state index contributed by atoms with van der Waals surface area (Å²) < 4.78 is 8.88. The molecule has 0 aromatic carbocycles. The van der Waals surface area contributed by atoms with Gasteiger partial charge in [0.2, 0.25) is 0 Å². The maximum atomic E-state index is 8.88. The van der Waals surface area contributed by atoms with Gasteiger partial charge >= 0.3 is 45.5 Å². The average Bonchev–Trinajstić information content (AvgIpc) is 0.722. The normalized spacial score (nSPS) is 5.90. The molecule has 0 saturated heterocycles. The van der Waals surface area contributed by atoms with Gasteiger partial charge in [0.05, 0.1) is 0 Å². The first-order valence-corrected chi connectivity index (χ1v) is 2.35. The van der Waals surface area contributed by atoms with Crippen LogP contribution in [0.4, 0.5) is 0 Å².